The molecule has 1 saturated carbocycles. The van der Waals surface area contributed by atoms with E-state index in [1.165, 1.54) is 0 Å². The average Bonchev–Trinajstić information content (AvgIpc) is 2.92. The lowest BCUT2D eigenvalue weighted by Crippen LogP contribution is -2.56. The first-order valence-corrected chi connectivity index (χ1v) is 8.86. The molecule has 2 unspecified atom stereocenters. The first-order valence-electron chi connectivity index (χ1n) is 8.86. The third-order valence-corrected chi connectivity index (χ3v) is 5.88. The standard InChI is InChI=1S/C17H29N3O2/c1-17(18)9-3-2-5-14(17)16(22)19-11-7-13(8-12-19)20-10-4-6-15(20)21/h13-14H,2-12,18H2,1H3. The summed E-state index contributed by atoms with van der Waals surface area (Å²) in [6.07, 6.45) is 7.66. The van der Waals surface area contributed by atoms with E-state index in [0.717, 1.165) is 64.6 Å². The lowest BCUT2D eigenvalue weighted by molar-refractivity contribution is -0.141. The van der Waals surface area contributed by atoms with Gasteiger partial charge >= 0.3 is 0 Å². The molecule has 2 aliphatic heterocycles. The Morgan fingerprint density at radius 3 is 2.45 bits per heavy atom. The maximum Gasteiger partial charge on any atom is 0.227 e. The van der Waals surface area contributed by atoms with Crippen molar-refractivity contribution in [3.8, 4) is 0 Å². The molecule has 0 aromatic carbocycles. The van der Waals surface area contributed by atoms with Crippen LogP contribution in [0.2, 0.25) is 0 Å². The molecule has 2 saturated heterocycles. The van der Waals surface area contributed by atoms with Gasteiger partial charge in [0, 0.05) is 37.6 Å². The third-order valence-electron chi connectivity index (χ3n) is 5.88. The molecule has 0 radical (unpaired) electrons. The molecule has 3 fully saturated rings. The van der Waals surface area contributed by atoms with Crippen LogP contribution >= 0.6 is 0 Å². The summed E-state index contributed by atoms with van der Waals surface area (Å²) in [4.78, 5) is 28.7. The summed E-state index contributed by atoms with van der Waals surface area (Å²) < 4.78 is 0. The molecule has 0 aromatic rings. The van der Waals surface area contributed by atoms with Gasteiger partial charge in [0.15, 0.2) is 0 Å². The summed E-state index contributed by atoms with van der Waals surface area (Å²) in [5.41, 5.74) is 6.02. The zero-order valence-electron chi connectivity index (χ0n) is 13.7. The van der Waals surface area contributed by atoms with Gasteiger partial charge in [-0.15, -0.1) is 0 Å². The van der Waals surface area contributed by atoms with Crippen molar-refractivity contribution in [3.05, 3.63) is 0 Å². The van der Waals surface area contributed by atoms with Gasteiger partial charge in [-0.05, 0) is 39.0 Å². The summed E-state index contributed by atoms with van der Waals surface area (Å²) in [6.45, 7) is 4.49. The van der Waals surface area contributed by atoms with E-state index in [-0.39, 0.29) is 17.4 Å². The largest absolute Gasteiger partial charge is 0.342 e. The van der Waals surface area contributed by atoms with E-state index in [1.807, 2.05) is 16.7 Å². The highest BCUT2D eigenvalue weighted by Crippen LogP contribution is 2.34. The van der Waals surface area contributed by atoms with Gasteiger partial charge in [0.1, 0.15) is 0 Å². The van der Waals surface area contributed by atoms with E-state index in [9.17, 15) is 9.59 Å². The highest BCUT2D eigenvalue weighted by Gasteiger charge is 2.41. The normalized spacial score (nSPS) is 34.3. The summed E-state index contributed by atoms with van der Waals surface area (Å²) >= 11 is 0. The van der Waals surface area contributed by atoms with Crippen LogP contribution in [-0.2, 0) is 9.59 Å². The van der Waals surface area contributed by atoms with Crippen LogP contribution in [0.15, 0.2) is 0 Å². The van der Waals surface area contributed by atoms with Crippen molar-refractivity contribution in [2.24, 2.45) is 11.7 Å². The number of hydrogen-bond donors (Lipinski definition) is 1. The Balaban J connectivity index is 1.56. The molecule has 3 aliphatic rings. The SMILES string of the molecule is CC1(N)CCCCC1C(=O)N1CCC(N2CCCC2=O)CC1. The minimum Gasteiger partial charge on any atom is -0.342 e. The first-order chi connectivity index (χ1) is 10.5. The highest BCUT2D eigenvalue weighted by molar-refractivity contribution is 5.81. The van der Waals surface area contributed by atoms with Gasteiger partial charge in [0.2, 0.25) is 11.8 Å². The van der Waals surface area contributed by atoms with Crippen molar-refractivity contribution in [2.75, 3.05) is 19.6 Å². The molecule has 1 aliphatic carbocycles. The summed E-state index contributed by atoms with van der Waals surface area (Å²) in [6, 6.07) is 0.342. The smallest absolute Gasteiger partial charge is 0.227 e. The van der Waals surface area contributed by atoms with E-state index < -0.39 is 0 Å². The molecule has 22 heavy (non-hydrogen) atoms. The predicted molar refractivity (Wildman–Crippen MR) is 85.1 cm³/mol. The van der Waals surface area contributed by atoms with E-state index >= 15 is 0 Å². The maximum absolute atomic E-state index is 12.8. The van der Waals surface area contributed by atoms with E-state index in [4.69, 9.17) is 5.73 Å². The van der Waals surface area contributed by atoms with Gasteiger partial charge in [-0.25, -0.2) is 0 Å². The maximum atomic E-state index is 12.8. The molecule has 5 nitrogen and oxygen atoms in total. The number of carbonyl (C=O) groups is 2. The molecule has 2 amide bonds. The second kappa shape index (κ2) is 6.19. The summed E-state index contributed by atoms with van der Waals surface area (Å²) in [5.74, 6) is 0.522. The molecule has 2 heterocycles. The van der Waals surface area contributed by atoms with Crippen molar-refractivity contribution < 1.29 is 9.59 Å². The van der Waals surface area contributed by atoms with E-state index in [0.29, 0.717) is 18.4 Å². The number of amides is 2. The van der Waals surface area contributed by atoms with Crippen molar-refractivity contribution >= 4 is 11.8 Å². The zero-order valence-corrected chi connectivity index (χ0v) is 13.7. The Hall–Kier alpha value is -1.10. The van der Waals surface area contributed by atoms with Gasteiger partial charge in [-0.1, -0.05) is 12.8 Å². The van der Waals surface area contributed by atoms with Crippen LogP contribution in [0.4, 0.5) is 0 Å². The quantitative estimate of drug-likeness (QED) is 0.841. The monoisotopic (exact) mass is 307 g/mol. The number of rotatable bonds is 2. The van der Waals surface area contributed by atoms with Crippen molar-refractivity contribution in [3.63, 3.8) is 0 Å². The fourth-order valence-corrected chi connectivity index (χ4v) is 4.44. The number of nitrogens with two attached hydrogens (primary N) is 1. The molecule has 2 atom stereocenters. The fourth-order valence-electron chi connectivity index (χ4n) is 4.44. The molecule has 0 spiro atoms. The van der Waals surface area contributed by atoms with Crippen molar-refractivity contribution in [1.29, 1.82) is 0 Å². The Bertz CT molecular complexity index is 441. The van der Waals surface area contributed by atoms with Gasteiger partial charge < -0.3 is 15.5 Å². The lowest BCUT2D eigenvalue weighted by atomic mass is 9.74. The van der Waals surface area contributed by atoms with E-state index in [1.54, 1.807) is 0 Å². The highest BCUT2D eigenvalue weighted by atomic mass is 16.2. The second-order valence-electron chi connectivity index (χ2n) is 7.55. The number of hydrogen-bond acceptors (Lipinski definition) is 3. The molecule has 5 heteroatoms. The number of likely N-dealkylation sites (tertiary alicyclic amines) is 2. The number of nitrogens with zero attached hydrogens (tertiary/aromatic N) is 2. The molecular weight excluding hydrogens is 278 g/mol. The average molecular weight is 307 g/mol. The topological polar surface area (TPSA) is 66.6 Å². The van der Waals surface area contributed by atoms with Crippen molar-refractivity contribution in [1.82, 2.24) is 9.80 Å². The van der Waals surface area contributed by atoms with Crippen LogP contribution in [-0.4, -0.2) is 52.8 Å². The van der Waals surface area contributed by atoms with Crippen molar-refractivity contribution in [2.45, 2.75) is 69.9 Å². The van der Waals surface area contributed by atoms with Gasteiger partial charge in [0.25, 0.3) is 0 Å². The van der Waals surface area contributed by atoms with Crippen LogP contribution in [0.3, 0.4) is 0 Å². The molecule has 0 bridgehead atoms. The fraction of sp³-hybridized carbons (Fsp3) is 0.882. The Kier molecular flexibility index (Phi) is 4.44. The van der Waals surface area contributed by atoms with Gasteiger partial charge in [-0.2, -0.15) is 0 Å². The second-order valence-corrected chi connectivity index (χ2v) is 7.55. The van der Waals surface area contributed by atoms with E-state index in [2.05, 4.69) is 0 Å². The van der Waals surface area contributed by atoms with Crippen LogP contribution in [0, 0.1) is 5.92 Å². The third kappa shape index (κ3) is 3.00. The minimum atomic E-state index is -0.350. The van der Waals surface area contributed by atoms with Crippen LogP contribution in [0.5, 0.6) is 0 Å². The molecule has 0 aromatic heterocycles. The predicted octanol–water partition coefficient (Wildman–Crippen LogP) is 1.51. The lowest BCUT2D eigenvalue weighted by Gasteiger charge is -2.42. The van der Waals surface area contributed by atoms with Gasteiger partial charge in [0.05, 0.1) is 5.92 Å². The zero-order chi connectivity index (χ0) is 15.7. The van der Waals surface area contributed by atoms with Gasteiger partial charge in [-0.3, -0.25) is 9.59 Å². The Morgan fingerprint density at radius 2 is 1.86 bits per heavy atom. The molecule has 124 valence electrons. The van der Waals surface area contributed by atoms with Crippen LogP contribution < -0.4 is 5.73 Å². The van der Waals surface area contributed by atoms with Crippen LogP contribution in [0.1, 0.15) is 58.3 Å². The molecule has 2 N–H and O–H groups in total. The summed E-state index contributed by atoms with van der Waals surface area (Å²) in [7, 11) is 0. The minimum absolute atomic E-state index is 0.0220. The molecular formula is C17H29N3O2. The molecule has 3 rings (SSSR count). The number of carbonyl (C=O) groups excluding carboxylic acids is 2. The summed E-state index contributed by atoms with van der Waals surface area (Å²) in [5, 5.41) is 0. The Morgan fingerprint density at radius 1 is 1.14 bits per heavy atom. The van der Waals surface area contributed by atoms with Crippen LogP contribution in [0.25, 0.3) is 0 Å². The number of piperidine rings is 1. The first kappa shape index (κ1) is 15.8. The Labute approximate surface area is 133 Å².